The van der Waals surface area contributed by atoms with Gasteiger partial charge < -0.3 is 11.1 Å². The highest BCUT2D eigenvalue weighted by Gasteiger charge is 2.09. The Morgan fingerprint density at radius 3 is 2.70 bits per heavy atom. The summed E-state index contributed by atoms with van der Waals surface area (Å²) < 4.78 is 1.10. The summed E-state index contributed by atoms with van der Waals surface area (Å²) in [5.41, 5.74) is 6.51. The molecular weight excluding hydrogens is 280 g/mol. The minimum atomic E-state index is -0.538. The van der Waals surface area contributed by atoms with Gasteiger partial charge in [-0.1, -0.05) is 29.3 Å². The molecular formula is C13H13ClN4O2. The van der Waals surface area contributed by atoms with Gasteiger partial charge in [-0.2, -0.15) is 0 Å². The lowest BCUT2D eigenvalue weighted by molar-refractivity contribution is -0.116. The third-order valence-electron chi connectivity index (χ3n) is 2.67. The lowest BCUT2D eigenvalue weighted by Gasteiger charge is -2.08. The van der Waals surface area contributed by atoms with Crippen LogP contribution in [0.3, 0.4) is 0 Å². The number of carbonyl (C=O) groups excluding carboxylic acids is 1. The van der Waals surface area contributed by atoms with Gasteiger partial charge in [-0.25, -0.2) is 4.98 Å². The van der Waals surface area contributed by atoms with Crippen LogP contribution in [-0.4, -0.2) is 15.5 Å². The van der Waals surface area contributed by atoms with Crippen LogP contribution in [0, 0.1) is 6.92 Å². The van der Waals surface area contributed by atoms with E-state index in [1.165, 1.54) is 6.33 Å². The molecule has 20 heavy (non-hydrogen) atoms. The predicted octanol–water partition coefficient (Wildman–Crippen LogP) is 1.43. The van der Waals surface area contributed by atoms with E-state index in [-0.39, 0.29) is 23.3 Å². The van der Waals surface area contributed by atoms with Crippen molar-refractivity contribution >= 4 is 28.9 Å². The maximum atomic E-state index is 11.8. The number of aryl methyl sites for hydroxylation is 1. The van der Waals surface area contributed by atoms with E-state index in [9.17, 15) is 9.59 Å². The van der Waals surface area contributed by atoms with Gasteiger partial charge in [-0.3, -0.25) is 14.2 Å². The van der Waals surface area contributed by atoms with E-state index in [1.807, 2.05) is 19.1 Å². The molecule has 3 N–H and O–H groups in total. The van der Waals surface area contributed by atoms with Crippen molar-refractivity contribution in [2.45, 2.75) is 13.5 Å². The van der Waals surface area contributed by atoms with Crippen LogP contribution in [0.5, 0.6) is 0 Å². The maximum Gasteiger partial charge on any atom is 0.278 e. The van der Waals surface area contributed by atoms with Gasteiger partial charge in [0.05, 0.1) is 6.33 Å². The normalized spacial score (nSPS) is 10.3. The van der Waals surface area contributed by atoms with Gasteiger partial charge in [0.25, 0.3) is 5.56 Å². The number of nitrogens with zero attached hydrogens (tertiary/aromatic N) is 2. The van der Waals surface area contributed by atoms with E-state index in [0.717, 1.165) is 10.1 Å². The summed E-state index contributed by atoms with van der Waals surface area (Å²) >= 11 is 5.62. The first-order valence-corrected chi connectivity index (χ1v) is 6.22. The number of aromatic nitrogens is 2. The second kappa shape index (κ2) is 5.75. The number of amides is 1. The molecule has 0 aliphatic rings. The Morgan fingerprint density at radius 2 is 2.05 bits per heavy atom. The molecule has 1 heterocycles. The minimum Gasteiger partial charge on any atom is -0.392 e. The van der Waals surface area contributed by atoms with E-state index in [2.05, 4.69) is 10.3 Å². The number of nitrogens with two attached hydrogens (primary N) is 1. The number of halogens is 1. The van der Waals surface area contributed by atoms with Crippen LogP contribution >= 0.6 is 11.6 Å². The van der Waals surface area contributed by atoms with E-state index in [1.54, 1.807) is 12.1 Å². The lowest BCUT2D eigenvalue weighted by Crippen LogP contribution is -2.29. The van der Waals surface area contributed by atoms with Gasteiger partial charge in [0, 0.05) is 5.69 Å². The van der Waals surface area contributed by atoms with Gasteiger partial charge in [-0.05, 0) is 19.1 Å². The zero-order chi connectivity index (χ0) is 14.7. The second-order valence-electron chi connectivity index (χ2n) is 4.30. The quantitative estimate of drug-likeness (QED) is 0.837. The first-order chi connectivity index (χ1) is 9.47. The highest BCUT2D eigenvalue weighted by Crippen LogP contribution is 2.10. The molecule has 0 fully saturated rings. The van der Waals surface area contributed by atoms with Crippen molar-refractivity contribution in [1.29, 1.82) is 0 Å². The summed E-state index contributed by atoms with van der Waals surface area (Å²) in [6, 6.07) is 7.32. The molecule has 0 bridgehead atoms. The average molecular weight is 293 g/mol. The highest BCUT2D eigenvalue weighted by molar-refractivity contribution is 6.31. The molecule has 0 saturated heterocycles. The largest absolute Gasteiger partial charge is 0.392 e. The minimum absolute atomic E-state index is 0.0646. The molecule has 1 aromatic carbocycles. The van der Waals surface area contributed by atoms with Crippen molar-refractivity contribution in [2.24, 2.45) is 0 Å². The Labute approximate surface area is 120 Å². The first kappa shape index (κ1) is 14.1. The first-order valence-electron chi connectivity index (χ1n) is 5.84. The van der Waals surface area contributed by atoms with Crippen LogP contribution in [0.25, 0.3) is 0 Å². The van der Waals surface area contributed by atoms with Gasteiger partial charge in [-0.15, -0.1) is 0 Å². The van der Waals surface area contributed by atoms with Gasteiger partial charge in [0.1, 0.15) is 12.2 Å². The fourth-order valence-electron chi connectivity index (χ4n) is 1.59. The summed E-state index contributed by atoms with van der Waals surface area (Å²) in [6.45, 7) is 1.77. The third-order valence-corrected chi connectivity index (χ3v) is 2.97. The number of nitrogens with one attached hydrogen (secondary N) is 1. The van der Waals surface area contributed by atoms with Crippen molar-refractivity contribution in [3.63, 3.8) is 0 Å². The van der Waals surface area contributed by atoms with Crippen molar-refractivity contribution in [1.82, 2.24) is 9.55 Å². The predicted molar refractivity (Wildman–Crippen MR) is 77.7 cm³/mol. The molecule has 0 aliphatic carbocycles. The average Bonchev–Trinajstić information content (AvgIpc) is 2.42. The molecule has 1 aromatic heterocycles. The second-order valence-corrected chi connectivity index (χ2v) is 4.65. The molecule has 7 heteroatoms. The molecule has 104 valence electrons. The Morgan fingerprint density at radius 1 is 1.40 bits per heavy atom. The number of carbonyl (C=O) groups is 1. The number of anilines is 2. The Kier molecular flexibility index (Phi) is 4.05. The number of hydrogen-bond donors (Lipinski definition) is 2. The molecule has 0 spiro atoms. The third kappa shape index (κ3) is 3.16. The molecule has 2 aromatic rings. The van der Waals surface area contributed by atoms with E-state index < -0.39 is 5.56 Å². The van der Waals surface area contributed by atoms with Crippen LogP contribution in [-0.2, 0) is 11.3 Å². The van der Waals surface area contributed by atoms with Crippen molar-refractivity contribution in [2.75, 3.05) is 11.1 Å². The smallest absolute Gasteiger partial charge is 0.278 e. The Balaban J connectivity index is 2.11. The zero-order valence-corrected chi connectivity index (χ0v) is 11.5. The monoisotopic (exact) mass is 292 g/mol. The van der Waals surface area contributed by atoms with Crippen molar-refractivity contribution in [3.05, 3.63) is 51.7 Å². The summed E-state index contributed by atoms with van der Waals surface area (Å²) in [5.74, 6) is -0.348. The van der Waals surface area contributed by atoms with E-state index in [4.69, 9.17) is 17.3 Å². The molecule has 0 saturated carbocycles. The summed E-state index contributed by atoms with van der Waals surface area (Å²) in [5, 5.41) is 2.61. The zero-order valence-electron chi connectivity index (χ0n) is 10.8. The molecule has 0 radical (unpaired) electrons. The highest BCUT2D eigenvalue weighted by atomic mass is 35.5. The van der Waals surface area contributed by atoms with E-state index in [0.29, 0.717) is 5.69 Å². The fraction of sp³-hybridized carbons (Fsp3) is 0.154. The number of benzene rings is 1. The summed E-state index contributed by atoms with van der Waals surface area (Å²) in [7, 11) is 0. The number of hydrogen-bond acceptors (Lipinski definition) is 4. The van der Waals surface area contributed by atoms with Gasteiger partial charge in [0.15, 0.2) is 5.15 Å². The Bertz CT molecular complexity index is 695. The van der Waals surface area contributed by atoms with Gasteiger partial charge in [0.2, 0.25) is 5.91 Å². The van der Waals surface area contributed by atoms with E-state index >= 15 is 0 Å². The molecule has 0 atom stereocenters. The van der Waals surface area contributed by atoms with Crippen molar-refractivity contribution in [3.8, 4) is 0 Å². The van der Waals surface area contributed by atoms with Crippen molar-refractivity contribution < 1.29 is 4.79 Å². The summed E-state index contributed by atoms with van der Waals surface area (Å²) in [4.78, 5) is 27.3. The topological polar surface area (TPSA) is 90.0 Å². The standard InChI is InChI=1S/C13H13ClN4O2/c1-8-2-4-9(5-3-8)17-10(19)6-18-7-16-12(14)11(15)13(18)20/h2-5,7H,6,15H2,1H3,(H,17,19). The van der Waals surface area contributed by atoms with Crippen LogP contribution in [0.1, 0.15) is 5.56 Å². The van der Waals surface area contributed by atoms with Crippen LogP contribution in [0.4, 0.5) is 11.4 Å². The van der Waals surface area contributed by atoms with Crippen LogP contribution in [0.15, 0.2) is 35.4 Å². The van der Waals surface area contributed by atoms with Crippen LogP contribution < -0.4 is 16.6 Å². The molecule has 0 aliphatic heterocycles. The molecule has 0 unspecified atom stereocenters. The lowest BCUT2D eigenvalue weighted by atomic mass is 10.2. The van der Waals surface area contributed by atoms with Crippen LogP contribution in [0.2, 0.25) is 5.15 Å². The molecule has 2 rings (SSSR count). The number of rotatable bonds is 3. The van der Waals surface area contributed by atoms with Gasteiger partial charge >= 0.3 is 0 Å². The molecule has 6 nitrogen and oxygen atoms in total. The molecule has 1 amide bonds. The SMILES string of the molecule is Cc1ccc(NC(=O)Cn2cnc(Cl)c(N)c2=O)cc1. The number of nitrogen functional groups attached to an aromatic ring is 1. The summed E-state index contributed by atoms with van der Waals surface area (Å²) in [6.07, 6.45) is 1.19. The Hall–Kier alpha value is -2.34. The fourth-order valence-corrected chi connectivity index (χ4v) is 1.71. The maximum absolute atomic E-state index is 11.8.